The van der Waals surface area contributed by atoms with E-state index in [1.165, 1.54) is 32.1 Å². The van der Waals surface area contributed by atoms with Gasteiger partial charge in [-0.05, 0) is 20.3 Å². The second kappa shape index (κ2) is 8.06. The van der Waals surface area contributed by atoms with Crippen molar-refractivity contribution in [1.29, 1.82) is 0 Å². The van der Waals surface area contributed by atoms with Crippen LogP contribution >= 0.6 is 17.0 Å². The van der Waals surface area contributed by atoms with Crippen LogP contribution < -0.4 is 5.73 Å². The second-order valence-corrected chi connectivity index (χ2v) is 4.15. The van der Waals surface area contributed by atoms with Gasteiger partial charge in [-0.15, -0.1) is 17.0 Å². The van der Waals surface area contributed by atoms with E-state index in [-0.39, 0.29) is 22.5 Å². The quantitative estimate of drug-likeness (QED) is 0.702. The summed E-state index contributed by atoms with van der Waals surface area (Å²) in [7, 11) is 0. The van der Waals surface area contributed by atoms with Gasteiger partial charge in [-0.1, -0.05) is 39.0 Å². The summed E-state index contributed by atoms with van der Waals surface area (Å²) in [6, 6.07) is 0. The number of nitrogens with two attached hydrogens (primary N) is 1. The van der Waals surface area contributed by atoms with E-state index in [4.69, 9.17) is 5.73 Å². The summed E-state index contributed by atoms with van der Waals surface area (Å²) < 4.78 is 0. The molecule has 2 heteroatoms. The molecule has 0 aromatic rings. The maximum Gasteiger partial charge on any atom is 0.00970 e. The number of unbranched alkanes of at least 4 members (excludes halogenated alkanes) is 4. The topological polar surface area (TPSA) is 26.0 Å². The first-order valence-electron chi connectivity index (χ1n) is 4.85. The molecule has 0 radical (unpaired) electrons. The standard InChI is InChI=1S/C10H23N.BrH/c1-4-5-6-7-8-9-10(2,3)11;/h4-9,11H2,1-3H3;1H. The van der Waals surface area contributed by atoms with Crippen molar-refractivity contribution in [2.45, 2.75) is 64.8 Å². The van der Waals surface area contributed by atoms with Crippen LogP contribution in [0.25, 0.3) is 0 Å². The number of hydrogen-bond donors (Lipinski definition) is 1. The molecule has 0 spiro atoms. The minimum atomic E-state index is 0. The van der Waals surface area contributed by atoms with Crippen LogP contribution in [0.1, 0.15) is 59.3 Å². The molecule has 0 aliphatic rings. The van der Waals surface area contributed by atoms with Crippen LogP contribution in [0.4, 0.5) is 0 Å². The summed E-state index contributed by atoms with van der Waals surface area (Å²) >= 11 is 0. The summed E-state index contributed by atoms with van der Waals surface area (Å²) in [5.74, 6) is 0. The van der Waals surface area contributed by atoms with Gasteiger partial charge in [0.1, 0.15) is 0 Å². The third-order valence-corrected chi connectivity index (χ3v) is 1.92. The Bertz CT molecular complexity index is 86.3. The van der Waals surface area contributed by atoms with E-state index >= 15 is 0 Å². The molecule has 1 nitrogen and oxygen atoms in total. The largest absolute Gasteiger partial charge is 0.326 e. The predicted octanol–water partition coefficient (Wildman–Crippen LogP) is 3.66. The highest BCUT2D eigenvalue weighted by Crippen LogP contribution is 2.11. The summed E-state index contributed by atoms with van der Waals surface area (Å²) in [5, 5.41) is 0. The van der Waals surface area contributed by atoms with Crippen molar-refractivity contribution in [3.05, 3.63) is 0 Å². The van der Waals surface area contributed by atoms with Gasteiger partial charge in [0.15, 0.2) is 0 Å². The van der Waals surface area contributed by atoms with E-state index in [0.717, 1.165) is 6.42 Å². The molecule has 0 amide bonds. The highest BCUT2D eigenvalue weighted by Gasteiger charge is 2.08. The Morgan fingerprint density at radius 1 is 1.00 bits per heavy atom. The highest BCUT2D eigenvalue weighted by atomic mass is 79.9. The minimum absolute atomic E-state index is 0. The molecular formula is C10H24BrN. The first-order chi connectivity index (χ1) is 5.06. The van der Waals surface area contributed by atoms with Gasteiger partial charge in [0, 0.05) is 5.54 Å². The van der Waals surface area contributed by atoms with Crippen molar-refractivity contribution in [2.75, 3.05) is 0 Å². The maximum absolute atomic E-state index is 5.85. The molecule has 0 saturated heterocycles. The Morgan fingerprint density at radius 2 is 1.50 bits per heavy atom. The Balaban J connectivity index is 0. The molecular weight excluding hydrogens is 214 g/mol. The molecule has 0 aromatic heterocycles. The summed E-state index contributed by atoms with van der Waals surface area (Å²) in [4.78, 5) is 0. The lowest BCUT2D eigenvalue weighted by Gasteiger charge is -2.17. The molecule has 0 aromatic carbocycles. The summed E-state index contributed by atoms with van der Waals surface area (Å²) in [5.41, 5.74) is 5.90. The van der Waals surface area contributed by atoms with E-state index in [9.17, 15) is 0 Å². The molecule has 0 rings (SSSR count). The smallest absolute Gasteiger partial charge is 0.00970 e. The van der Waals surface area contributed by atoms with Crippen molar-refractivity contribution < 1.29 is 0 Å². The van der Waals surface area contributed by atoms with Gasteiger partial charge in [0.25, 0.3) is 0 Å². The molecule has 0 atom stereocenters. The Morgan fingerprint density at radius 3 is 1.92 bits per heavy atom. The van der Waals surface area contributed by atoms with Crippen molar-refractivity contribution in [3.8, 4) is 0 Å². The van der Waals surface area contributed by atoms with Crippen LogP contribution in [0.15, 0.2) is 0 Å². The van der Waals surface area contributed by atoms with Crippen molar-refractivity contribution >= 4 is 17.0 Å². The Kier molecular flexibility index (Phi) is 10.0. The van der Waals surface area contributed by atoms with Crippen LogP contribution in [-0.4, -0.2) is 5.54 Å². The Hall–Kier alpha value is 0.440. The summed E-state index contributed by atoms with van der Waals surface area (Å²) in [6.45, 7) is 6.45. The summed E-state index contributed by atoms with van der Waals surface area (Å²) in [6.07, 6.45) is 7.90. The maximum atomic E-state index is 5.85. The van der Waals surface area contributed by atoms with Gasteiger partial charge in [-0.25, -0.2) is 0 Å². The van der Waals surface area contributed by atoms with Crippen LogP contribution in [0, 0.1) is 0 Å². The molecule has 2 N–H and O–H groups in total. The molecule has 0 unspecified atom stereocenters. The molecule has 0 bridgehead atoms. The lowest BCUT2D eigenvalue weighted by Crippen LogP contribution is -2.31. The first-order valence-corrected chi connectivity index (χ1v) is 4.85. The number of halogens is 1. The lowest BCUT2D eigenvalue weighted by molar-refractivity contribution is 0.443. The highest BCUT2D eigenvalue weighted by molar-refractivity contribution is 8.93. The van der Waals surface area contributed by atoms with Gasteiger partial charge < -0.3 is 5.73 Å². The van der Waals surface area contributed by atoms with Crippen LogP contribution in [0.5, 0.6) is 0 Å². The van der Waals surface area contributed by atoms with E-state index < -0.39 is 0 Å². The molecule has 0 aliphatic carbocycles. The van der Waals surface area contributed by atoms with Gasteiger partial charge in [0.05, 0.1) is 0 Å². The van der Waals surface area contributed by atoms with Crippen molar-refractivity contribution in [3.63, 3.8) is 0 Å². The normalized spacial score (nSPS) is 11.0. The monoisotopic (exact) mass is 237 g/mol. The molecule has 0 heterocycles. The SMILES string of the molecule is Br.CCCCCCCC(C)(C)N. The predicted molar refractivity (Wildman–Crippen MR) is 62.0 cm³/mol. The molecule has 0 saturated carbocycles. The average Bonchev–Trinajstić information content (AvgIpc) is 1.85. The number of hydrogen-bond acceptors (Lipinski definition) is 1. The minimum Gasteiger partial charge on any atom is -0.326 e. The van der Waals surface area contributed by atoms with Gasteiger partial charge >= 0.3 is 0 Å². The zero-order chi connectivity index (χ0) is 8.74. The average molecular weight is 238 g/mol. The molecule has 0 fully saturated rings. The zero-order valence-electron chi connectivity index (χ0n) is 8.73. The molecule has 76 valence electrons. The van der Waals surface area contributed by atoms with Gasteiger partial charge in [-0.3, -0.25) is 0 Å². The van der Waals surface area contributed by atoms with Crippen molar-refractivity contribution in [2.24, 2.45) is 5.73 Å². The third kappa shape index (κ3) is 13.1. The number of rotatable bonds is 6. The van der Waals surface area contributed by atoms with E-state index in [2.05, 4.69) is 20.8 Å². The molecule has 0 aliphatic heterocycles. The first kappa shape index (κ1) is 14.9. The fourth-order valence-electron chi connectivity index (χ4n) is 1.18. The van der Waals surface area contributed by atoms with Crippen LogP contribution in [0.3, 0.4) is 0 Å². The van der Waals surface area contributed by atoms with Crippen LogP contribution in [-0.2, 0) is 0 Å². The van der Waals surface area contributed by atoms with Crippen LogP contribution in [0.2, 0.25) is 0 Å². The van der Waals surface area contributed by atoms with E-state index in [0.29, 0.717) is 0 Å². The van der Waals surface area contributed by atoms with Crippen molar-refractivity contribution in [1.82, 2.24) is 0 Å². The Labute approximate surface area is 87.9 Å². The fraction of sp³-hybridized carbons (Fsp3) is 1.00. The van der Waals surface area contributed by atoms with E-state index in [1.807, 2.05) is 0 Å². The fourth-order valence-corrected chi connectivity index (χ4v) is 1.18. The van der Waals surface area contributed by atoms with Gasteiger partial charge in [0.2, 0.25) is 0 Å². The van der Waals surface area contributed by atoms with E-state index in [1.54, 1.807) is 0 Å². The lowest BCUT2D eigenvalue weighted by atomic mass is 9.98. The third-order valence-electron chi connectivity index (χ3n) is 1.92. The molecule has 12 heavy (non-hydrogen) atoms. The zero-order valence-corrected chi connectivity index (χ0v) is 10.4. The second-order valence-electron chi connectivity index (χ2n) is 4.15. The van der Waals surface area contributed by atoms with Gasteiger partial charge in [-0.2, -0.15) is 0 Å².